The van der Waals surface area contributed by atoms with E-state index in [1.165, 1.54) is 77.2 Å². The van der Waals surface area contributed by atoms with Gasteiger partial charge in [0.1, 0.15) is 0 Å². The molecule has 0 aliphatic heterocycles. The molecule has 1 rings (SSSR count). The largest absolute Gasteiger partial charge is 0.314 e. The lowest BCUT2D eigenvalue weighted by molar-refractivity contribution is 0.121. The number of hydrogen-bond acceptors (Lipinski definition) is 1. The summed E-state index contributed by atoms with van der Waals surface area (Å²) in [6.45, 7) is 10.5. The first-order valence-electron chi connectivity index (χ1n) is 9.35. The summed E-state index contributed by atoms with van der Waals surface area (Å²) in [6, 6.07) is 0.635. The Bertz CT molecular complexity index is 226. The zero-order chi connectivity index (χ0) is 14.8. The van der Waals surface area contributed by atoms with Gasteiger partial charge in [-0.05, 0) is 43.4 Å². The maximum absolute atomic E-state index is 3.74. The zero-order valence-electron chi connectivity index (χ0n) is 14.6. The van der Waals surface area contributed by atoms with Crippen LogP contribution < -0.4 is 5.32 Å². The Morgan fingerprint density at radius 2 is 1.65 bits per heavy atom. The molecule has 0 aromatic heterocycles. The smallest absolute Gasteiger partial charge is 0.00106 e. The van der Waals surface area contributed by atoms with Gasteiger partial charge in [0.2, 0.25) is 0 Å². The van der Waals surface area contributed by atoms with Gasteiger partial charge in [0, 0.05) is 12.6 Å². The van der Waals surface area contributed by atoms with Gasteiger partial charge in [-0.2, -0.15) is 0 Å². The Balaban J connectivity index is 2.43. The Labute approximate surface area is 128 Å². The molecule has 0 aromatic rings. The van der Waals surface area contributed by atoms with Gasteiger partial charge < -0.3 is 5.32 Å². The Morgan fingerprint density at radius 1 is 1.00 bits per heavy atom. The minimum atomic E-state index is 0.627. The molecule has 0 amide bonds. The summed E-state index contributed by atoms with van der Waals surface area (Å²) in [7, 11) is 0. The van der Waals surface area contributed by atoms with E-state index in [4.69, 9.17) is 0 Å². The Hall–Kier alpha value is -0.0400. The molecule has 1 aliphatic rings. The fourth-order valence-electron chi connectivity index (χ4n) is 3.76. The molecule has 1 nitrogen and oxygen atoms in total. The molecule has 0 aromatic carbocycles. The molecule has 0 atom stereocenters. The van der Waals surface area contributed by atoms with Crippen LogP contribution in [0.4, 0.5) is 0 Å². The highest BCUT2D eigenvalue weighted by atomic mass is 14.9. The van der Waals surface area contributed by atoms with Crippen molar-refractivity contribution in [2.45, 2.75) is 104 Å². The summed E-state index contributed by atoms with van der Waals surface area (Å²) in [4.78, 5) is 0. The van der Waals surface area contributed by atoms with Gasteiger partial charge in [-0.1, -0.05) is 66.2 Å². The van der Waals surface area contributed by atoms with E-state index in [1.807, 2.05) is 0 Å². The lowest BCUT2D eigenvalue weighted by atomic mass is 9.67. The second-order valence-corrected chi connectivity index (χ2v) is 7.58. The molecule has 1 saturated carbocycles. The average Bonchev–Trinajstić information content (AvgIpc) is 2.45. The summed E-state index contributed by atoms with van der Waals surface area (Å²) in [5.41, 5.74) is 0.627. The summed E-state index contributed by atoms with van der Waals surface area (Å²) in [6.07, 6.45) is 15.9. The lowest BCUT2D eigenvalue weighted by Crippen LogP contribution is -2.40. The molecule has 0 bridgehead atoms. The lowest BCUT2D eigenvalue weighted by Gasteiger charge is -2.41. The normalized spacial score (nSPS) is 27.1. The molecule has 1 aliphatic carbocycles. The van der Waals surface area contributed by atoms with Crippen molar-refractivity contribution in [1.82, 2.24) is 5.32 Å². The fourth-order valence-corrected chi connectivity index (χ4v) is 3.76. The number of unbranched alkanes of at least 4 members (excludes halogenated alkanes) is 3. The molecule has 0 radical (unpaired) electrons. The summed E-state index contributed by atoms with van der Waals surface area (Å²) >= 11 is 0. The van der Waals surface area contributed by atoms with E-state index in [2.05, 4.69) is 33.0 Å². The van der Waals surface area contributed by atoms with Gasteiger partial charge in [-0.15, -0.1) is 0 Å². The highest BCUT2D eigenvalue weighted by Crippen LogP contribution is 2.43. The van der Waals surface area contributed by atoms with Crippen LogP contribution in [0.2, 0.25) is 0 Å². The van der Waals surface area contributed by atoms with Crippen LogP contribution in [-0.4, -0.2) is 12.6 Å². The second kappa shape index (κ2) is 9.82. The summed E-state index contributed by atoms with van der Waals surface area (Å²) in [5, 5.41) is 3.74. The number of nitrogens with one attached hydrogen (secondary N) is 1. The van der Waals surface area contributed by atoms with Crippen LogP contribution in [0.25, 0.3) is 0 Å². The van der Waals surface area contributed by atoms with Gasteiger partial charge >= 0.3 is 0 Å². The van der Waals surface area contributed by atoms with E-state index >= 15 is 0 Å². The molecular weight excluding hydrogens is 242 g/mol. The number of hydrogen-bond donors (Lipinski definition) is 1. The fraction of sp³-hybridized carbons (Fsp3) is 1.00. The van der Waals surface area contributed by atoms with Crippen molar-refractivity contribution in [1.29, 1.82) is 0 Å². The van der Waals surface area contributed by atoms with Gasteiger partial charge in [-0.3, -0.25) is 0 Å². The minimum absolute atomic E-state index is 0.627. The second-order valence-electron chi connectivity index (χ2n) is 7.58. The summed E-state index contributed by atoms with van der Waals surface area (Å²) in [5.74, 6) is 1.04. The van der Waals surface area contributed by atoms with Crippen molar-refractivity contribution < 1.29 is 0 Å². The number of rotatable bonds is 10. The van der Waals surface area contributed by atoms with Crippen molar-refractivity contribution in [3.8, 4) is 0 Å². The van der Waals surface area contributed by atoms with Gasteiger partial charge in [-0.25, -0.2) is 0 Å². The van der Waals surface area contributed by atoms with Crippen LogP contribution in [0.1, 0.15) is 98.3 Å². The first kappa shape index (κ1) is 18.0. The van der Waals surface area contributed by atoms with E-state index < -0.39 is 0 Å². The van der Waals surface area contributed by atoms with Crippen LogP contribution >= 0.6 is 0 Å². The van der Waals surface area contributed by atoms with Gasteiger partial charge in [0.15, 0.2) is 0 Å². The van der Waals surface area contributed by atoms with Crippen molar-refractivity contribution >= 4 is 0 Å². The van der Waals surface area contributed by atoms with Crippen LogP contribution in [-0.2, 0) is 0 Å². The maximum atomic E-state index is 3.74. The molecule has 1 fully saturated rings. The standard InChI is InChI=1S/C19H39N/c1-5-7-9-13-19(16-20-17(3)4)14-11-18(12-15-19)10-8-6-2/h17-18,20H,5-16H2,1-4H3. The molecule has 0 heterocycles. The third-order valence-electron chi connectivity index (χ3n) is 5.33. The van der Waals surface area contributed by atoms with Crippen molar-refractivity contribution in [3.63, 3.8) is 0 Å². The van der Waals surface area contributed by atoms with E-state index in [9.17, 15) is 0 Å². The minimum Gasteiger partial charge on any atom is -0.314 e. The predicted octanol–water partition coefficient (Wildman–Crippen LogP) is 5.93. The van der Waals surface area contributed by atoms with E-state index in [1.54, 1.807) is 0 Å². The Kier molecular flexibility index (Phi) is 8.84. The first-order valence-corrected chi connectivity index (χ1v) is 9.35. The van der Waals surface area contributed by atoms with Crippen LogP contribution in [0, 0.1) is 11.3 Å². The molecule has 20 heavy (non-hydrogen) atoms. The molecular formula is C19H39N. The zero-order valence-corrected chi connectivity index (χ0v) is 14.6. The van der Waals surface area contributed by atoms with E-state index in [-0.39, 0.29) is 0 Å². The molecule has 0 unspecified atom stereocenters. The van der Waals surface area contributed by atoms with Crippen molar-refractivity contribution in [3.05, 3.63) is 0 Å². The van der Waals surface area contributed by atoms with Crippen LogP contribution in [0.3, 0.4) is 0 Å². The van der Waals surface area contributed by atoms with E-state index in [0.717, 1.165) is 5.92 Å². The third-order valence-corrected chi connectivity index (χ3v) is 5.33. The molecule has 0 saturated heterocycles. The van der Waals surface area contributed by atoms with E-state index in [0.29, 0.717) is 11.5 Å². The average molecular weight is 282 g/mol. The quantitative estimate of drug-likeness (QED) is 0.489. The topological polar surface area (TPSA) is 12.0 Å². The molecule has 1 N–H and O–H groups in total. The highest BCUT2D eigenvalue weighted by Gasteiger charge is 2.34. The molecule has 1 heteroatoms. The highest BCUT2D eigenvalue weighted by molar-refractivity contribution is 4.88. The first-order chi connectivity index (χ1) is 9.62. The van der Waals surface area contributed by atoms with Crippen molar-refractivity contribution in [2.24, 2.45) is 11.3 Å². The van der Waals surface area contributed by atoms with Crippen molar-refractivity contribution in [2.75, 3.05) is 6.54 Å². The predicted molar refractivity (Wildman–Crippen MR) is 91.2 cm³/mol. The Morgan fingerprint density at radius 3 is 2.20 bits per heavy atom. The third kappa shape index (κ3) is 6.61. The van der Waals surface area contributed by atoms with Gasteiger partial charge in [0.25, 0.3) is 0 Å². The molecule has 120 valence electrons. The van der Waals surface area contributed by atoms with Crippen LogP contribution in [0.15, 0.2) is 0 Å². The van der Waals surface area contributed by atoms with Crippen LogP contribution in [0.5, 0.6) is 0 Å². The SMILES string of the molecule is CCCCCC1(CNC(C)C)CCC(CCCC)CC1. The summed E-state index contributed by atoms with van der Waals surface area (Å²) < 4.78 is 0. The monoisotopic (exact) mass is 281 g/mol. The van der Waals surface area contributed by atoms with Gasteiger partial charge in [0.05, 0.1) is 0 Å². The molecule has 0 spiro atoms. The maximum Gasteiger partial charge on any atom is 0.00106 e.